The Kier molecular flexibility index (Phi) is 4.41. The molecule has 2 atom stereocenters. The van der Waals surface area contributed by atoms with Crippen molar-refractivity contribution in [2.24, 2.45) is 18.7 Å². The van der Waals surface area contributed by atoms with Gasteiger partial charge in [0.05, 0.1) is 16.8 Å². The van der Waals surface area contributed by atoms with E-state index in [1.165, 1.54) is 0 Å². The number of fused-ring (bicyclic) bond motifs is 1. The van der Waals surface area contributed by atoms with Gasteiger partial charge in [0.2, 0.25) is 0 Å². The van der Waals surface area contributed by atoms with Crippen molar-refractivity contribution in [1.29, 1.82) is 5.26 Å². The van der Waals surface area contributed by atoms with Gasteiger partial charge >= 0.3 is 0 Å². The highest BCUT2D eigenvalue weighted by atomic mass is 35.5. The molecular formula is C20H20ClN5. The van der Waals surface area contributed by atoms with Gasteiger partial charge in [0.15, 0.2) is 0 Å². The predicted molar refractivity (Wildman–Crippen MR) is 104 cm³/mol. The topological polar surface area (TPSA) is 79.7 Å². The maximum absolute atomic E-state index is 9.76. The molecule has 26 heavy (non-hydrogen) atoms. The Morgan fingerprint density at radius 3 is 2.96 bits per heavy atom. The lowest BCUT2D eigenvalue weighted by molar-refractivity contribution is 0.469. The molecular weight excluding hydrogens is 346 g/mol. The number of benzene rings is 1. The summed E-state index contributed by atoms with van der Waals surface area (Å²) in [6.07, 6.45) is 4.69. The molecule has 1 aliphatic heterocycles. The minimum absolute atomic E-state index is 0.0629. The summed E-state index contributed by atoms with van der Waals surface area (Å²) < 4.78 is 2.00. The number of aromatic nitrogens is 2. The maximum Gasteiger partial charge on any atom is 0.102 e. The smallest absolute Gasteiger partial charge is 0.102 e. The van der Waals surface area contributed by atoms with E-state index in [1.54, 1.807) is 6.20 Å². The van der Waals surface area contributed by atoms with E-state index in [-0.39, 0.29) is 6.04 Å². The van der Waals surface area contributed by atoms with E-state index in [9.17, 15) is 5.26 Å². The van der Waals surface area contributed by atoms with E-state index in [0.29, 0.717) is 16.5 Å². The zero-order valence-electron chi connectivity index (χ0n) is 14.5. The Hall–Kier alpha value is -2.39. The molecule has 0 spiro atoms. The molecule has 1 fully saturated rings. The van der Waals surface area contributed by atoms with E-state index < -0.39 is 0 Å². The molecule has 132 valence electrons. The van der Waals surface area contributed by atoms with Gasteiger partial charge in [-0.15, -0.1) is 0 Å². The summed E-state index contributed by atoms with van der Waals surface area (Å²) in [5.41, 5.74) is 10.8. The first-order valence-corrected chi connectivity index (χ1v) is 9.07. The van der Waals surface area contributed by atoms with Crippen LogP contribution in [0.1, 0.15) is 23.6 Å². The SMILES string of the molecule is Cn1c(-c2cncc(C(N)[C@@H]3CCNC3)c2)c(C#N)c2ccc(Cl)cc21. The number of hydrogen-bond donors (Lipinski definition) is 2. The molecule has 3 N–H and O–H groups in total. The van der Waals surface area contributed by atoms with Crippen LogP contribution in [-0.2, 0) is 7.05 Å². The fraction of sp³-hybridized carbons (Fsp3) is 0.300. The number of nitriles is 1. The van der Waals surface area contributed by atoms with Gasteiger partial charge in [-0.05, 0) is 55.3 Å². The first-order chi connectivity index (χ1) is 12.6. The third-order valence-corrected chi connectivity index (χ3v) is 5.53. The monoisotopic (exact) mass is 365 g/mol. The lowest BCUT2D eigenvalue weighted by atomic mass is 9.93. The van der Waals surface area contributed by atoms with Crippen molar-refractivity contribution in [2.75, 3.05) is 13.1 Å². The largest absolute Gasteiger partial charge is 0.342 e. The highest BCUT2D eigenvalue weighted by Gasteiger charge is 2.24. The van der Waals surface area contributed by atoms with Crippen LogP contribution in [0.25, 0.3) is 22.2 Å². The van der Waals surface area contributed by atoms with E-state index in [4.69, 9.17) is 17.3 Å². The summed E-state index contributed by atoms with van der Waals surface area (Å²) in [4.78, 5) is 4.41. The van der Waals surface area contributed by atoms with Crippen LogP contribution in [0.5, 0.6) is 0 Å². The minimum atomic E-state index is -0.0629. The zero-order valence-corrected chi connectivity index (χ0v) is 15.3. The van der Waals surface area contributed by atoms with Crippen molar-refractivity contribution in [2.45, 2.75) is 12.5 Å². The van der Waals surface area contributed by atoms with E-state index in [2.05, 4.69) is 22.4 Å². The molecule has 5 nitrogen and oxygen atoms in total. The molecule has 2 aromatic heterocycles. The molecule has 0 amide bonds. The zero-order chi connectivity index (χ0) is 18.3. The van der Waals surface area contributed by atoms with E-state index in [0.717, 1.165) is 47.2 Å². The lowest BCUT2D eigenvalue weighted by Gasteiger charge is -2.19. The number of nitrogens with one attached hydrogen (secondary N) is 1. The van der Waals surface area contributed by atoms with Gasteiger partial charge in [0.1, 0.15) is 6.07 Å². The second kappa shape index (κ2) is 6.73. The molecule has 0 aliphatic carbocycles. The van der Waals surface area contributed by atoms with E-state index >= 15 is 0 Å². The first kappa shape index (κ1) is 17.0. The van der Waals surface area contributed by atoms with Gasteiger partial charge in [-0.2, -0.15) is 5.26 Å². The number of pyridine rings is 1. The standard InChI is InChI=1S/C20H20ClN5/c1-26-18-7-15(21)2-3-16(18)17(8-22)20(26)14-6-13(10-25-11-14)19(23)12-4-5-24-9-12/h2-3,6-7,10-12,19,24H,4-5,9,23H2,1H3/t12-,19?/m1/s1. The maximum atomic E-state index is 9.76. The van der Waals surface area contributed by atoms with Gasteiger partial charge in [-0.1, -0.05) is 11.6 Å². The van der Waals surface area contributed by atoms with Crippen LogP contribution in [0.2, 0.25) is 5.02 Å². The van der Waals surface area contributed by atoms with Crippen molar-refractivity contribution in [1.82, 2.24) is 14.9 Å². The lowest BCUT2D eigenvalue weighted by Crippen LogP contribution is -2.23. The van der Waals surface area contributed by atoms with Gasteiger partial charge in [-0.25, -0.2) is 0 Å². The second-order valence-corrected chi connectivity index (χ2v) is 7.28. The molecule has 6 heteroatoms. The average molecular weight is 366 g/mol. The van der Waals surface area contributed by atoms with Crippen LogP contribution in [0.3, 0.4) is 0 Å². The summed E-state index contributed by atoms with van der Waals surface area (Å²) in [6, 6.07) is 9.94. The predicted octanol–water partition coefficient (Wildman–Crippen LogP) is 3.37. The molecule has 1 aromatic carbocycles. The number of rotatable bonds is 3. The van der Waals surface area contributed by atoms with Crippen molar-refractivity contribution in [3.8, 4) is 17.3 Å². The normalized spacial score (nSPS) is 18.2. The Balaban J connectivity index is 1.84. The summed E-state index contributed by atoms with van der Waals surface area (Å²) in [7, 11) is 1.95. The second-order valence-electron chi connectivity index (χ2n) is 6.84. The fourth-order valence-electron chi connectivity index (χ4n) is 3.89. The molecule has 0 bridgehead atoms. The Labute approximate surface area is 157 Å². The van der Waals surface area contributed by atoms with Crippen molar-refractivity contribution in [3.63, 3.8) is 0 Å². The number of hydrogen-bond acceptors (Lipinski definition) is 4. The highest BCUT2D eigenvalue weighted by Crippen LogP contribution is 2.35. The van der Waals surface area contributed by atoms with Crippen LogP contribution in [0.15, 0.2) is 36.7 Å². The van der Waals surface area contributed by atoms with Gasteiger partial charge in [0, 0.05) is 41.5 Å². The highest BCUT2D eigenvalue weighted by molar-refractivity contribution is 6.31. The van der Waals surface area contributed by atoms with Gasteiger partial charge in [-0.3, -0.25) is 4.98 Å². The van der Waals surface area contributed by atoms with E-state index in [1.807, 2.05) is 36.0 Å². The molecule has 1 aliphatic rings. The third-order valence-electron chi connectivity index (χ3n) is 5.30. The van der Waals surface area contributed by atoms with Crippen LogP contribution in [0, 0.1) is 17.2 Å². The Bertz CT molecular complexity index is 1010. The number of nitrogens with two attached hydrogens (primary N) is 1. The quantitative estimate of drug-likeness (QED) is 0.745. The van der Waals surface area contributed by atoms with Gasteiger partial charge in [0.25, 0.3) is 0 Å². The molecule has 4 rings (SSSR count). The molecule has 0 radical (unpaired) electrons. The molecule has 0 saturated carbocycles. The fourth-order valence-corrected chi connectivity index (χ4v) is 4.05. The Morgan fingerprint density at radius 2 is 2.23 bits per heavy atom. The van der Waals surface area contributed by atoms with Crippen LogP contribution in [-0.4, -0.2) is 22.6 Å². The van der Waals surface area contributed by atoms with Crippen molar-refractivity contribution in [3.05, 3.63) is 52.8 Å². The van der Waals surface area contributed by atoms with Crippen LogP contribution < -0.4 is 11.1 Å². The van der Waals surface area contributed by atoms with Crippen LogP contribution >= 0.6 is 11.6 Å². The minimum Gasteiger partial charge on any atom is -0.342 e. The Morgan fingerprint density at radius 1 is 1.38 bits per heavy atom. The molecule has 1 saturated heterocycles. The molecule has 3 heterocycles. The van der Waals surface area contributed by atoms with Crippen LogP contribution in [0.4, 0.5) is 0 Å². The number of nitrogens with zero attached hydrogens (tertiary/aromatic N) is 3. The number of aryl methyl sites for hydroxylation is 1. The summed E-state index contributed by atoms with van der Waals surface area (Å²) in [5, 5.41) is 14.7. The van der Waals surface area contributed by atoms with Crippen molar-refractivity contribution < 1.29 is 0 Å². The van der Waals surface area contributed by atoms with Gasteiger partial charge < -0.3 is 15.6 Å². The number of halogens is 1. The molecule has 3 aromatic rings. The summed E-state index contributed by atoms with van der Waals surface area (Å²) >= 11 is 6.15. The summed E-state index contributed by atoms with van der Waals surface area (Å²) in [6.45, 7) is 1.94. The average Bonchev–Trinajstić information content (AvgIpc) is 3.28. The van der Waals surface area contributed by atoms with Crippen molar-refractivity contribution >= 4 is 22.5 Å². The summed E-state index contributed by atoms with van der Waals surface area (Å²) in [5.74, 6) is 0.411. The first-order valence-electron chi connectivity index (χ1n) is 8.70. The third kappa shape index (κ3) is 2.77. The molecule has 1 unspecified atom stereocenters.